The lowest BCUT2D eigenvalue weighted by atomic mass is 10.2. The zero-order valence-electron chi connectivity index (χ0n) is 11.8. The van der Waals surface area contributed by atoms with E-state index in [1.165, 1.54) is 11.3 Å². The number of amides is 1. The number of hydrogen-bond donors (Lipinski definition) is 1. The van der Waals surface area contributed by atoms with Gasteiger partial charge >= 0.3 is 0 Å². The SMILES string of the molecule is CCCN(CC)C(=O)c1cc(C)c(C#CCCO)s1. The van der Waals surface area contributed by atoms with Gasteiger partial charge in [0.15, 0.2) is 0 Å². The minimum atomic E-state index is 0.0727. The van der Waals surface area contributed by atoms with Gasteiger partial charge in [0.2, 0.25) is 0 Å². The van der Waals surface area contributed by atoms with Crippen LogP contribution in [0, 0.1) is 18.8 Å². The molecule has 0 aromatic carbocycles. The minimum Gasteiger partial charge on any atom is -0.395 e. The van der Waals surface area contributed by atoms with E-state index in [1.54, 1.807) is 0 Å². The lowest BCUT2D eigenvalue weighted by Gasteiger charge is -2.18. The van der Waals surface area contributed by atoms with E-state index in [-0.39, 0.29) is 12.5 Å². The first kappa shape index (κ1) is 15.7. The third kappa shape index (κ3) is 4.38. The molecule has 0 atom stereocenters. The van der Waals surface area contributed by atoms with Crippen LogP contribution in [0.15, 0.2) is 6.07 Å². The van der Waals surface area contributed by atoms with Gasteiger partial charge in [0.05, 0.1) is 16.4 Å². The molecule has 1 rings (SSSR count). The van der Waals surface area contributed by atoms with E-state index in [0.717, 1.165) is 34.8 Å². The molecule has 3 nitrogen and oxygen atoms in total. The number of hydrogen-bond acceptors (Lipinski definition) is 3. The van der Waals surface area contributed by atoms with Gasteiger partial charge < -0.3 is 10.0 Å². The van der Waals surface area contributed by atoms with E-state index < -0.39 is 0 Å². The molecule has 0 aliphatic rings. The summed E-state index contributed by atoms with van der Waals surface area (Å²) >= 11 is 1.44. The molecule has 0 spiro atoms. The van der Waals surface area contributed by atoms with Crippen LogP contribution >= 0.6 is 11.3 Å². The number of carbonyl (C=O) groups is 1. The number of thiophene rings is 1. The number of nitrogens with zero attached hydrogens (tertiary/aromatic N) is 1. The average molecular weight is 279 g/mol. The third-order valence-corrected chi connectivity index (χ3v) is 3.87. The standard InChI is InChI=1S/C15H21NO2S/c1-4-9-16(5-2)15(18)14-11-12(3)13(19-14)8-6-7-10-17/h11,17H,4-5,7,9-10H2,1-3H3. The highest BCUT2D eigenvalue weighted by Gasteiger charge is 2.16. The van der Waals surface area contributed by atoms with Crippen LogP contribution in [0.4, 0.5) is 0 Å². The number of rotatable bonds is 5. The van der Waals surface area contributed by atoms with Crippen LogP contribution in [0.5, 0.6) is 0 Å². The summed E-state index contributed by atoms with van der Waals surface area (Å²) in [6.07, 6.45) is 1.44. The lowest BCUT2D eigenvalue weighted by Crippen LogP contribution is -2.30. The molecule has 0 aliphatic heterocycles. The Hall–Kier alpha value is -1.31. The Labute approximate surface area is 119 Å². The molecule has 1 amide bonds. The van der Waals surface area contributed by atoms with E-state index in [9.17, 15) is 4.79 Å². The summed E-state index contributed by atoms with van der Waals surface area (Å²) in [5.74, 6) is 6.00. The topological polar surface area (TPSA) is 40.5 Å². The van der Waals surface area contributed by atoms with Crippen molar-refractivity contribution in [1.29, 1.82) is 0 Å². The molecular weight excluding hydrogens is 258 g/mol. The summed E-state index contributed by atoms with van der Waals surface area (Å²) in [6, 6.07) is 1.91. The summed E-state index contributed by atoms with van der Waals surface area (Å²) < 4.78 is 0. The van der Waals surface area contributed by atoms with Crippen LogP contribution in [-0.4, -0.2) is 35.6 Å². The van der Waals surface area contributed by atoms with Crippen LogP contribution < -0.4 is 0 Å². The van der Waals surface area contributed by atoms with Crippen molar-refractivity contribution < 1.29 is 9.90 Å². The van der Waals surface area contributed by atoms with E-state index in [4.69, 9.17) is 5.11 Å². The van der Waals surface area contributed by atoms with Crippen molar-refractivity contribution in [1.82, 2.24) is 4.90 Å². The number of carbonyl (C=O) groups excluding carboxylic acids is 1. The maximum Gasteiger partial charge on any atom is 0.263 e. The van der Waals surface area contributed by atoms with Crippen molar-refractivity contribution in [2.24, 2.45) is 0 Å². The van der Waals surface area contributed by atoms with Crippen molar-refractivity contribution in [3.05, 3.63) is 21.4 Å². The number of aryl methyl sites for hydroxylation is 1. The molecule has 0 bridgehead atoms. The fourth-order valence-corrected chi connectivity index (χ4v) is 2.75. The first-order valence-corrected chi connectivity index (χ1v) is 7.45. The molecule has 1 aromatic rings. The van der Waals surface area contributed by atoms with Gasteiger partial charge in [-0.25, -0.2) is 0 Å². The van der Waals surface area contributed by atoms with Gasteiger partial charge in [-0.1, -0.05) is 18.8 Å². The third-order valence-electron chi connectivity index (χ3n) is 2.73. The molecule has 104 valence electrons. The lowest BCUT2D eigenvalue weighted by molar-refractivity contribution is 0.0769. The number of aliphatic hydroxyl groups is 1. The monoisotopic (exact) mass is 279 g/mol. The second-order valence-electron chi connectivity index (χ2n) is 4.28. The predicted octanol–water partition coefficient (Wildman–Crippen LogP) is 2.66. The summed E-state index contributed by atoms with van der Waals surface area (Å²) in [5, 5.41) is 8.71. The van der Waals surface area contributed by atoms with E-state index in [2.05, 4.69) is 18.8 Å². The van der Waals surface area contributed by atoms with Crippen molar-refractivity contribution in [3.63, 3.8) is 0 Å². The van der Waals surface area contributed by atoms with Crippen molar-refractivity contribution in [3.8, 4) is 11.8 Å². The highest BCUT2D eigenvalue weighted by molar-refractivity contribution is 7.14. The quantitative estimate of drug-likeness (QED) is 0.842. The van der Waals surface area contributed by atoms with Crippen LogP contribution in [-0.2, 0) is 0 Å². The Morgan fingerprint density at radius 2 is 2.21 bits per heavy atom. The molecule has 0 fully saturated rings. The Bertz CT molecular complexity index is 482. The smallest absolute Gasteiger partial charge is 0.263 e. The van der Waals surface area contributed by atoms with Gasteiger partial charge in [0, 0.05) is 19.5 Å². The van der Waals surface area contributed by atoms with E-state index >= 15 is 0 Å². The fraction of sp³-hybridized carbons (Fsp3) is 0.533. The normalized spacial score (nSPS) is 9.89. The van der Waals surface area contributed by atoms with Gasteiger partial charge in [0.1, 0.15) is 0 Å². The van der Waals surface area contributed by atoms with Crippen LogP contribution in [0.25, 0.3) is 0 Å². The molecular formula is C15H21NO2S. The summed E-state index contributed by atoms with van der Waals surface area (Å²) in [6.45, 7) is 7.63. The van der Waals surface area contributed by atoms with Crippen molar-refractivity contribution in [2.45, 2.75) is 33.6 Å². The Balaban J connectivity index is 2.88. The Morgan fingerprint density at radius 1 is 1.47 bits per heavy atom. The highest BCUT2D eigenvalue weighted by atomic mass is 32.1. The molecule has 1 aromatic heterocycles. The van der Waals surface area contributed by atoms with Gasteiger partial charge in [-0.3, -0.25) is 4.79 Å². The van der Waals surface area contributed by atoms with Gasteiger partial charge in [-0.05, 0) is 31.9 Å². The fourth-order valence-electron chi connectivity index (χ4n) is 1.74. The molecule has 4 heteroatoms. The summed E-state index contributed by atoms with van der Waals surface area (Å²) in [4.78, 5) is 15.8. The Morgan fingerprint density at radius 3 is 2.79 bits per heavy atom. The largest absolute Gasteiger partial charge is 0.395 e. The minimum absolute atomic E-state index is 0.0727. The zero-order valence-corrected chi connectivity index (χ0v) is 12.6. The second kappa shape index (κ2) is 7.98. The molecule has 1 N–H and O–H groups in total. The van der Waals surface area contributed by atoms with Gasteiger partial charge in [-0.15, -0.1) is 11.3 Å². The zero-order chi connectivity index (χ0) is 14.3. The molecule has 19 heavy (non-hydrogen) atoms. The highest BCUT2D eigenvalue weighted by Crippen LogP contribution is 2.22. The predicted molar refractivity (Wildman–Crippen MR) is 79.5 cm³/mol. The second-order valence-corrected chi connectivity index (χ2v) is 5.34. The van der Waals surface area contributed by atoms with Gasteiger partial charge in [0.25, 0.3) is 5.91 Å². The molecule has 0 aliphatic carbocycles. The Kier molecular flexibility index (Phi) is 6.61. The van der Waals surface area contributed by atoms with Crippen molar-refractivity contribution in [2.75, 3.05) is 19.7 Å². The van der Waals surface area contributed by atoms with Gasteiger partial charge in [-0.2, -0.15) is 0 Å². The maximum absolute atomic E-state index is 12.3. The molecule has 0 radical (unpaired) electrons. The molecule has 1 heterocycles. The van der Waals surface area contributed by atoms with Crippen molar-refractivity contribution >= 4 is 17.2 Å². The maximum atomic E-state index is 12.3. The first-order valence-electron chi connectivity index (χ1n) is 6.63. The molecule has 0 saturated carbocycles. The van der Waals surface area contributed by atoms with Crippen LogP contribution in [0.1, 0.15) is 46.8 Å². The van der Waals surface area contributed by atoms with Crippen LogP contribution in [0.2, 0.25) is 0 Å². The average Bonchev–Trinajstić information content (AvgIpc) is 2.77. The number of aliphatic hydroxyl groups excluding tert-OH is 1. The van der Waals surface area contributed by atoms with E-state index in [1.807, 2.05) is 24.8 Å². The first-order chi connectivity index (χ1) is 9.13. The molecule has 0 saturated heterocycles. The van der Waals surface area contributed by atoms with E-state index in [0.29, 0.717) is 6.42 Å². The molecule has 0 unspecified atom stereocenters. The van der Waals surface area contributed by atoms with Crippen LogP contribution in [0.3, 0.4) is 0 Å². The summed E-state index contributed by atoms with van der Waals surface area (Å²) in [5.41, 5.74) is 1.03. The summed E-state index contributed by atoms with van der Waals surface area (Å²) in [7, 11) is 0.